The first-order chi connectivity index (χ1) is 10.1. The Morgan fingerprint density at radius 3 is 2.95 bits per heavy atom. The Labute approximate surface area is 129 Å². The zero-order valence-corrected chi connectivity index (χ0v) is 12.8. The van der Waals surface area contributed by atoms with Crippen molar-refractivity contribution in [2.45, 2.75) is 31.4 Å². The normalized spacial score (nSPS) is 19.3. The summed E-state index contributed by atoms with van der Waals surface area (Å²) in [6, 6.07) is 7.63. The summed E-state index contributed by atoms with van der Waals surface area (Å²) in [5.41, 5.74) is 3.46. The predicted octanol–water partition coefficient (Wildman–Crippen LogP) is 2.77. The molecule has 3 rings (SSSR count). The molecule has 0 saturated carbocycles. The summed E-state index contributed by atoms with van der Waals surface area (Å²) in [6.45, 7) is 0.528. The van der Waals surface area contributed by atoms with E-state index in [-0.39, 0.29) is 6.04 Å². The molecule has 2 aromatic rings. The minimum absolute atomic E-state index is 0.282. The van der Waals surface area contributed by atoms with Gasteiger partial charge in [0, 0.05) is 35.9 Å². The standard InChI is InChI=1S/C16H20ClN3O/c1-20-15-4-2-3-14(13(15)9-19-20)18-10-16(21)11-5-7-12(17)8-6-11/h5-9,14,16,18,21H,2-4,10H2,1H3. The third-order valence-electron chi connectivity index (χ3n) is 4.19. The molecule has 0 radical (unpaired) electrons. The highest BCUT2D eigenvalue weighted by atomic mass is 35.5. The third kappa shape index (κ3) is 3.12. The molecule has 1 heterocycles. The van der Waals surface area contributed by atoms with Crippen LogP contribution >= 0.6 is 11.6 Å². The van der Waals surface area contributed by atoms with Crippen LogP contribution in [0.5, 0.6) is 0 Å². The van der Waals surface area contributed by atoms with Gasteiger partial charge in [-0.2, -0.15) is 5.10 Å². The molecular weight excluding hydrogens is 286 g/mol. The number of aryl methyl sites for hydroxylation is 1. The molecule has 0 amide bonds. The van der Waals surface area contributed by atoms with Gasteiger partial charge in [-0.3, -0.25) is 4.68 Å². The molecule has 2 unspecified atom stereocenters. The highest BCUT2D eigenvalue weighted by Gasteiger charge is 2.23. The molecule has 5 heteroatoms. The van der Waals surface area contributed by atoms with E-state index in [1.165, 1.54) is 11.3 Å². The van der Waals surface area contributed by atoms with Crippen LogP contribution in [-0.4, -0.2) is 21.4 Å². The molecule has 112 valence electrons. The van der Waals surface area contributed by atoms with Gasteiger partial charge in [0.05, 0.1) is 12.3 Å². The lowest BCUT2D eigenvalue weighted by Gasteiger charge is -2.25. The summed E-state index contributed by atoms with van der Waals surface area (Å²) >= 11 is 5.87. The van der Waals surface area contributed by atoms with Crippen LogP contribution in [0.15, 0.2) is 30.5 Å². The average Bonchev–Trinajstić information content (AvgIpc) is 2.88. The van der Waals surface area contributed by atoms with Gasteiger partial charge in [-0.05, 0) is 37.0 Å². The predicted molar refractivity (Wildman–Crippen MR) is 83.3 cm³/mol. The molecule has 1 aromatic carbocycles. The molecule has 0 bridgehead atoms. The van der Waals surface area contributed by atoms with Crippen LogP contribution in [0.2, 0.25) is 5.02 Å². The largest absolute Gasteiger partial charge is 0.387 e. The van der Waals surface area contributed by atoms with E-state index in [1.807, 2.05) is 30.1 Å². The summed E-state index contributed by atoms with van der Waals surface area (Å²) in [5, 5.41) is 18.8. The van der Waals surface area contributed by atoms with Crippen molar-refractivity contribution in [2.75, 3.05) is 6.54 Å². The second kappa shape index (κ2) is 6.18. The Kier molecular flexibility index (Phi) is 4.29. The van der Waals surface area contributed by atoms with Gasteiger partial charge in [0.1, 0.15) is 0 Å². The summed E-state index contributed by atoms with van der Waals surface area (Å²) in [4.78, 5) is 0. The summed E-state index contributed by atoms with van der Waals surface area (Å²) in [7, 11) is 1.99. The SMILES string of the molecule is Cn1ncc2c1CCCC2NCC(O)c1ccc(Cl)cc1. The first-order valence-corrected chi connectivity index (χ1v) is 7.70. The smallest absolute Gasteiger partial charge is 0.0914 e. The fourth-order valence-electron chi connectivity index (χ4n) is 2.97. The summed E-state index contributed by atoms with van der Waals surface area (Å²) < 4.78 is 1.96. The van der Waals surface area contributed by atoms with Gasteiger partial charge in [0.25, 0.3) is 0 Å². The van der Waals surface area contributed by atoms with Crippen LogP contribution in [0.1, 0.15) is 41.8 Å². The highest BCUT2D eigenvalue weighted by molar-refractivity contribution is 6.30. The topological polar surface area (TPSA) is 50.1 Å². The van der Waals surface area contributed by atoms with E-state index in [9.17, 15) is 5.11 Å². The van der Waals surface area contributed by atoms with Crippen LogP contribution in [0.4, 0.5) is 0 Å². The van der Waals surface area contributed by atoms with Crippen molar-refractivity contribution in [3.8, 4) is 0 Å². The summed E-state index contributed by atoms with van der Waals surface area (Å²) in [5.74, 6) is 0. The van der Waals surface area contributed by atoms with Gasteiger partial charge >= 0.3 is 0 Å². The Morgan fingerprint density at radius 2 is 2.19 bits per heavy atom. The lowest BCUT2D eigenvalue weighted by Crippen LogP contribution is -2.29. The number of fused-ring (bicyclic) bond motifs is 1. The van der Waals surface area contributed by atoms with Crippen molar-refractivity contribution in [1.82, 2.24) is 15.1 Å². The summed E-state index contributed by atoms with van der Waals surface area (Å²) in [6.07, 6.45) is 4.75. The Hall–Kier alpha value is -1.36. The van der Waals surface area contributed by atoms with E-state index in [0.717, 1.165) is 24.8 Å². The molecule has 1 aliphatic rings. The molecule has 0 saturated heterocycles. The van der Waals surface area contributed by atoms with E-state index in [4.69, 9.17) is 11.6 Å². The Bertz CT molecular complexity index is 608. The van der Waals surface area contributed by atoms with Crippen molar-refractivity contribution in [1.29, 1.82) is 0 Å². The fourth-order valence-corrected chi connectivity index (χ4v) is 3.10. The number of rotatable bonds is 4. The first kappa shape index (κ1) is 14.6. The monoisotopic (exact) mass is 305 g/mol. The maximum absolute atomic E-state index is 10.3. The van der Waals surface area contributed by atoms with Gasteiger partial charge in [-0.25, -0.2) is 0 Å². The van der Waals surface area contributed by atoms with Crippen LogP contribution in [0.3, 0.4) is 0 Å². The minimum Gasteiger partial charge on any atom is -0.387 e. The maximum Gasteiger partial charge on any atom is 0.0914 e. The number of nitrogens with zero attached hydrogens (tertiary/aromatic N) is 2. The zero-order valence-electron chi connectivity index (χ0n) is 12.1. The average molecular weight is 306 g/mol. The van der Waals surface area contributed by atoms with Crippen LogP contribution in [-0.2, 0) is 13.5 Å². The lowest BCUT2D eigenvalue weighted by atomic mass is 9.93. The van der Waals surface area contributed by atoms with Crippen molar-refractivity contribution < 1.29 is 5.11 Å². The molecule has 1 aromatic heterocycles. The van der Waals surface area contributed by atoms with Crippen molar-refractivity contribution in [3.05, 3.63) is 52.3 Å². The van der Waals surface area contributed by atoms with Gasteiger partial charge in [0.15, 0.2) is 0 Å². The molecule has 0 spiro atoms. The quantitative estimate of drug-likeness (QED) is 0.913. The number of hydrogen-bond donors (Lipinski definition) is 2. The highest BCUT2D eigenvalue weighted by Crippen LogP contribution is 2.29. The van der Waals surface area contributed by atoms with Crippen LogP contribution in [0, 0.1) is 0 Å². The molecule has 2 N–H and O–H groups in total. The van der Waals surface area contributed by atoms with Crippen LogP contribution < -0.4 is 5.32 Å². The second-order valence-electron chi connectivity index (χ2n) is 5.59. The van der Waals surface area contributed by atoms with Gasteiger partial charge in [-0.15, -0.1) is 0 Å². The van der Waals surface area contributed by atoms with E-state index < -0.39 is 6.10 Å². The number of hydrogen-bond acceptors (Lipinski definition) is 3. The van der Waals surface area contributed by atoms with E-state index >= 15 is 0 Å². The van der Waals surface area contributed by atoms with E-state index in [2.05, 4.69) is 10.4 Å². The molecular formula is C16H20ClN3O. The zero-order chi connectivity index (χ0) is 14.8. The second-order valence-corrected chi connectivity index (χ2v) is 6.03. The van der Waals surface area contributed by atoms with Crippen molar-refractivity contribution in [2.24, 2.45) is 7.05 Å². The number of aliphatic hydroxyl groups is 1. The fraction of sp³-hybridized carbons (Fsp3) is 0.438. The molecule has 0 fully saturated rings. The molecule has 1 aliphatic carbocycles. The Balaban J connectivity index is 1.64. The van der Waals surface area contributed by atoms with Gasteiger partial charge in [-0.1, -0.05) is 23.7 Å². The van der Waals surface area contributed by atoms with Crippen molar-refractivity contribution >= 4 is 11.6 Å². The maximum atomic E-state index is 10.3. The lowest BCUT2D eigenvalue weighted by molar-refractivity contribution is 0.168. The number of nitrogens with one attached hydrogen (secondary N) is 1. The van der Waals surface area contributed by atoms with E-state index in [1.54, 1.807) is 12.1 Å². The molecule has 21 heavy (non-hydrogen) atoms. The number of halogens is 1. The molecule has 2 atom stereocenters. The number of aliphatic hydroxyl groups excluding tert-OH is 1. The number of aromatic nitrogens is 2. The number of benzene rings is 1. The minimum atomic E-state index is -0.524. The third-order valence-corrected chi connectivity index (χ3v) is 4.44. The Morgan fingerprint density at radius 1 is 1.43 bits per heavy atom. The van der Waals surface area contributed by atoms with E-state index in [0.29, 0.717) is 11.6 Å². The van der Waals surface area contributed by atoms with Crippen molar-refractivity contribution in [3.63, 3.8) is 0 Å². The van der Waals surface area contributed by atoms with Gasteiger partial charge in [0.2, 0.25) is 0 Å². The molecule has 0 aliphatic heterocycles. The molecule has 4 nitrogen and oxygen atoms in total. The van der Waals surface area contributed by atoms with Crippen LogP contribution in [0.25, 0.3) is 0 Å². The van der Waals surface area contributed by atoms with Gasteiger partial charge < -0.3 is 10.4 Å². The first-order valence-electron chi connectivity index (χ1n) is 7.33.